The van der Waals surface area contributed by atoms with Gasteiger partial charge in [0.2, 0.25) is 5.91 Å². The van der Waals surface area contributed by atoms with Gasteiger partial charge in [-0.2, -0.15) is 0 Å². The number of carbonyl (C=O) groups excluding carboxylic acids is 1. The Bertz CT molecular complexity index is 569. The lowest BCUT2D eigenvalue weighted by Crippen LogP contribution is -2.24. The van der Waals surface area contributed by atoms with Crippen LogP contribution in [0.25, 0.3) is 0 Å². The minimum Gasteiger partial charge on any atom is -0.350 e. The van der Waals surface area contributed by atoms with E-state index in [-0.39, 0.29) is 16.8 Å². The molecule has 0 aliphatic heterocycles. The number of hydrogen-bond donors (Lipinski definition) is 1. The molecule has 6 heteroatoms. The van der Waals surface area contributed by atoms with Gasteiger partial charge in [-0.3, -0.25) is 4.79 Å². The second kappa shape index (κ2) is 6.39. The molecule has 1 aromatic carbocycles. The van der Waals surface area contributed by atoms with E-state index in [2.05, 4.69) is 5.32 Å². The van der Waals surface area contributed by atoms with E-state index in [1.807, 2.05) is 13.8 Å². The molecule has 0 aromatic heterocycles. The number of fused-ring (bicyclic) bond motifs is 1. The van der Waals surface area contributed by atoms with Crippen LogP contribution in [0.2, 0.25) is 0 Å². The molecule has 106 valence electrons. The second-order valence-corrected chi connectivity index (χ2v) is 6.66. The molecule has 2 rings (SSSR count). The first-order valence-electron chi connectivity index (χ1n) is 6.22. The summed E-state index contributed by atoms with van der Waals surface area (Å²) in [5.74, 6) is -0.0862. The summed E-state index contributed by atoms with van der Waals surface area (Å²) in [7, 11) is 1.60. The van der Waals surface area contributed by atoms with Crippen molar-refractivity contribution >= 4 is 25.6 Å². The number of amides is 1. The standard InChI is InChI=1S/C11H12ClNO3S.C2H6/c1-7(14)13-11-5-2-8-6-9(17(12,15)16)3-4-10(8)11;1-2/h3-4,6,11H,2,5H2,1H3,(H,13,14);1-2H3. The molecular formula is C13H18ClNO3S. The Morgan fingerprint density at radius 3 is 2.53 bits per heavy atom. The lowest BCUT2D eigenvalue weighted by atomic mass is 10.1. The van der Waals surface area contributed by atoms with Crippen molar-refractivity contribution in [3.05, 3.63) is 29.3 Å². The van der Waals surface area contributed by atoms with Crippen LogP contribution in [0, 0.1) is 0 Å². The quantitative estimate of drug-likeness (QED) is 0.855. The Labute approximate surface area is 118 Å². The van der Waals surface area contributed by atoms with E-state index in [0.29, 0.717) is 0 Å². The molecule has 1 aromatic rings. The second-order valence-electron chi connectivity index (χ2n) is 4.09. The molecule has 1 unspecified atom stereocenters. The van der Waals surface area contributed by atoms with Crippen molar-refractivity contribution in [3.8, 4) is 0 Å². The number of benzene rings is 1. The van der Waals surface area contributed by atoms with Gasteiger partial charge in [0.1, 0.15) is 0 Å². The first-order chi connectivity index (χ1) is 8.88. The van der Waals surface area contributed by atoms with Crippen LogP contribution in [0.3, 0.4) is 0 Å². The van der Waals surface area contributed by atoms with Gasteiger partial charge in [-0.25, -0.2) is 8.42 Å². The van der Waals surface area contributed by atoms with Crippen LogP contribution in [0.1, 0.15) is 44.4 Å². The summed E-state index contributed by atoms with van der Waals surface area (Å²) in [4.78, 5) is 11.1. The topological polar surface area (TPSA) is 63.2 Å². The van der Waals surface area contributed by atoms with Crippen molar-refractivity contribution in [2.24, 2.45) is 0 Å². The molecule has 0 bridgehead atoms. The third-order valence-corrected chi connectivity index (χ3v) is 4.20. The van der Waals surface area contributed by atoms with Gasteiger partial charge in [-0.1, -0.05) is 19.9 Å². The summed E-state index contributed by atoms with van der Waals surface area (Å²) < 4.78 is 22.4. The van der Waals surface area contributed by atoms with Crippen molar-refractivity contribution in [1.82, 2.24) is 5.32 Å². The average molecular weight is 304 g/mol. The number of hydrogen-bond acceptors (Lipinski definition) is 3. The van der Waals surface area contributed by atoms with E-state index in [0.717, 1.165) is 24.0 Å². The van der Waals surface area contributed by atoms with Gasteiger partial charge >= 0.3 is 0 Å². The molecule has 0 spiro atoms. The maximum absolute atomic E-state index is 11.2. The number of nitrogens with one attached hydrogen (secondary N) is 1. The van der Waals surface area contributed by atoms with Gasteiger partial charge in [0, 0.05) is 17.6 Å². The Balaban J connectivity index is 0.000000861. The fraction of sp³-hybridized carbons (Fsp3) is 0.462. The van der Waals surface area contributed by atoms with Crippen LogP contribution < -0.4 is 5.32 Å². The van der Waals surface area contributed by atoms with Gasteiger partial charge < -0.3 is 5.32 Å². The molecule has 1 atom stereocenters. The maximum Gasteiger partial charge on any atom is 0.261 e. The summed E-state index contributed by atoms with van der Waals surface area (Å²) in [5.41, 5.74) is 1.91. The Hall–Kier alpha value is -1.07. The minimum absolute atomic E-state index is 0.0189. The van der Waals surface area contributed by atoms with Gasteiger partial charge in [0.25, 0.3) is 9.05 Å². The van der Waals surface area contributed by atoms with Crippen molar-refractivity contribution in [2.45, 2.75) is 44.6 Å². The normalized spacial score (nSPS) is 17.2. The van der Waals surface area contributed by atoms with Crippen LogP contribution >= 0.6 is 10.7 Å². The van der Waals surface area contributed by atoms with Crippen molar-refractivity contribution in [3.63, 3.8) is 0 Å². The van der Waals surface area contributed by atoms with Gasteiger partial charge in [0.15, 0.2) is 0 Å². The zero-order chi connectivity index (χ0) is 14.6. The summed E-state index contributed by atoms with van der Waals surface area (Å²) in [6, 6.07) is 4.76. The number of aryl methyl sites for hydroxylation is 1. The van der Waals surface area contributed by atoms with Crippen molar-refractivity contribution < 1.29 is 13.2 Å². The largest absolute Gasteiger partial charge is 0.350 e. The van der Waals surface area contributed by atoms with E-state index in [4.69, 9.17) is 10.7 Å². The van der Waals surface area contributed by atoms with E-state index in [1.165, 1.54) is 13.0 Å². The smallest absolute Gasteiger partial charge is 0.261 e. The monoisotopic (exact) mass is 303 g/mol. The maximum atomic E-state index is 11.2. The highest BCUT2D eigenvalue weighted by atomic mass is 35.7. The molecule has 1 amide bonds. The fourth-order valence-corrected chi connectivity index (χ4v) is 2.94. The molecule has 0 heterocycles. The van der Waals surface area contributed by atoms with E-state index in [9.17, 15) is 13.2 Å². The van der Waals surface area contributed by atoms with Crippen LogP contribution in [0.4, 0.5) is 0 Å². The number of carbonyl (C=O) groups is 1. The fourth-order valence-electron chi connectivity index (χ4n) is 2.14. The van der Waals surface area contributed by atoms with Gasteiger partial charge in [0.05, 0.1) is 10.9 Å². The van der Waals surface area contributed by atoms with Crippen LogP contribution in [-0.4, -0.2) is 14.3 Å². The lowest BCUT2D eigenvalue weighted by Gasteiger charge is -2.12. The van der Waals surface area contributed by atoms with Crippen molar-refractivity contribution in [1.29, 1.82) is 0 Å². The summed E-state index contributed by atoms with van der Waals surface area (Å²) in [6.07, 6.45) is 1.54. The van der Waals surface area contributed by atoms with Crippen molar-refractivity contribution in [2.75, 3.05) is 0 Å². The Morgan fingerprint density at radius 1 is 1.37 bits per heavy atom. The van der Waals surface area contributed by atoms with Crippen LogP contribution in [-0.2, 0) is 20.3 Å². The molecule has 19 heavy (non-hydrogen) atoms. The molecule has 1 aliphatic carbocycles. The minimum atomic E-state index is -3.68. The first kappa shape index (κ1) is 16.0. The summed E-state index contributed by atoms with van der Waals surface area (Å²) in [6.45, 7) is 5.47. The Kier molecular flexibility index (Phi) is 5.38. The van der Waals surface area contributed by atoms with E-state index in [1.54, 1.807) is 12.1 Å². The highest BCUT2D eigenvalue weighted by Gasteiger charge is 2.24. The summed E-state index contributed by atoms with van der Waals surface area (Å²) >= 11 is 0. The molecule has 4 nitrogen and oxygen atoms in total. The lowest BCUT2D eigenvalue weighted by molar-refractivity contribution is -0.119. The number of halogens is 1. The predicted molar refractivity (Wildman–Crippen MR) is 75.7 cm³/mol. The van der Waals surface area contributed by atoms with Gasteiger partial charge in [-0.05, 0) is 36.1 Å². The molecule has 0 radical (unpaired) electrons. The van der Waals surface area contributed by atoms with Gasteiger partial charge in [-0.15, -0.1) is 0 Å². The SMILES string of the molecule is CC.CC(=O)NC1CCc2cc(S(=O)(=O)Cl)ccc21. The van der Waals surface area contributed by atoms with Crippen LogP contribution in [0.5, 0.6) is 0 Å². The average Bonchev–Trinajstić information content (AvgIpc) is 2.72. The zero-order valence-electron chi connectivity index (χ0n) is 11.2. The zero-order valence-corrected chi connectivity index (χ0v) is 12.8. The first-order valence-corrected chi connectivity index (χ1v) is 8.53. The molecule has 1 N–H and O–H groups in total. The molecule has 0 saturated heterocycles. The molecule has 0 saturated carbocycles. The number of rotatable bonds is 2. The predicted octanol–water partition coefficient (Wildman–Crippen LogP) is 2.76. The van der Waals surface area contributed by atoms with Crippen LogP contribution in [0.15, 0.2) is 23.1 Å². The summed E-state index contributed by atoms with van der Waals surface area (Å²) in [5, 5.41) is 2.83. The Morgan fingerprint density at radius 2 is 2.00 bits per heavy atom. The third-order valence-electron chi connectivity index (χ3n) is 2.85. The van der Waals surface area contributed by atoms with E-state index >= 15 is 0 Å². The third kappa shape index (κ3) is 3.94. The molecule has 0 fully saturated rings. The highest BCUT2D eigenvalue weighted by Crippen LogP contribution is 2.33. The molecular weight excluding hydrogens is 286 g/mol. The van der Waals surface area contributed by atoms with E-state index < -0.39 is 9.05 Å². The molecule has 1 aliphatic rings. The highest BCUT2D eigenvalue weighted by molar-refractivity contribution is 8.13.